The van der Waals surface area contributed by atoms with Crippen LogP contribution in [0.2, 0.25) is 5.02 Å². The molecule has 2 aromatic carbocycles. The second-order valence-corrected chi connectivity index (χ2v) is 11.3. The molecule has 0 atom stereocenters. The van der Waals surface area contributed by atoms with Gasteiger partial charge in [0.15, 0.2) is 0 Å². The molecule has 0 spiro atoms. The number of aromatic nitrogens is 3. The lowest BCUT2D eigenvalue weighted by Crippen LogP contribution is -2.47. The zero-order valence-corrected chi connectivity index (χ0v) is 25.5. The standard InChI is InChI=1S/C32H36ClN9O2/c1-39-30(22-41-15-13-40(11-8-34)14-16-41)38-29-18-28(33)25(17-27(29)32(39)44)21-42(12-9-35)26-6-4-24(5-7-26)31(43)37-20-23-3-2-10-36-19-23/h2-7,10,17-19H,8,11-16,20-22,34H2,1H3,(H,37,43). The average molecular weight is 614 g/mol. The Morgan fingerprint density at radius 2 is 1.89 bits per heavy atom. The molecule has 0 radical (unpaired) electrons. The molecule has 228 valence electrons. The van der Waals surface area contributed by atoms with Gasteiger partial charge in [0.05, 0.1) is 23.5 Å². The highest BCUT2D eigenvalue weighted by Crippen LogP contribution is 2.26. The number of benzene rings is 2. The van der Waals surface area contributed by atoms with Gasteiger partial charge in [0, 0.05) is 88.1 Å². The molecule has 1 saturated heterocycles. The van der Waals surface area contributed by atoms with Crippen molar-refractivity contribution in [2.45, 2.75) is 19.6 Å². The maximum absolute atomic E-state index is 13.5. The van der Waals surface area contributed by atoms with Crippen molar-refractivity contribution in [1.29, 1.82) is 5.26 Å². The minimum atomic E-state index is -0.207. The molecule has 0 saturated carbocycles. The number of hydrogen-bond acceptors (Lipinski definition) is 9. The van der Waals surface area contributed by atoms with Crippen molar-refractivity contribution >= 4 is 34.1 Å². The van der Waals surface area contributed by atoms with Gasteiger partial charge in [-0.1, -0.05) is 17.7 Å². The first-order valence-electron chi connectivity index (χ1n) is 14.6. The van der Waals surface area contributed by atoms with Crippen LogP contribution >= 0.6 is 11.6 Å². The Labute approximate surface area is 261 Å². The summed E-state index contributed by atoms with van der Waals surface area (Å²) in [6.45, 7) is 6.53. The molecule has 1 aliphatic rings. The number of fused-ring (bicyclic) bond motifs is 1. The highest BCUT2D eigenvalue weighted by atomic mass is 35.5. The summed E-state index contributed by atoms with van der Waals surface area (Å²) < 4.78 is 1.61. The van der Waals surface area contributed by atoms with Crippen molar-refractivity contribution in [1.82, 2.24) is 29.7 Å². The van der Waals surface area contributed by atoms with Crippen LogP contribution in [0.4, 0.5) is 5.69 Å². The molecule has 0 bridgehead atoms. The van der Waals surface area contributed by atoms with Crippen LogP contribution in [0, 0.1) is 11.3 Å². The second kappa shape index (κ2) is 14.4. The Morgan fingerprint density at radius 1 is 1.14 bits per heavy atom. The SMILES string of the molecule is Cn1c(CN2CCN(CCN)CC2)nc2cc(Cl)c(CN(CC#N)c3ccc(C(=O)NCc4cccnc4)cc3)cc2c1=O. The maximum Gasteiger partial charge on any atom is 0.261 e. The maximum atomic E-state index is 13.5. The fourth-order valence-corrected chi connectivity index (χ4v) is 5.56. The lowest BCUT2D eigenvalue weighted by atomic mass is 10.1. The molecule has 3 N–H and O–H groups in total. The zero-order chi connectivity index (χ0) is 31.1. The van der Waals surface area contributed by atoms with E-state index in [2.05, 4.69) is 26.2 Å². The van der Waals surface area contributed by atoms with E-state index in [4.69, 9.17) is 22.3 Å². The number of nitrogens with one attached hydrogen (secondary N) is 1. The summed E-state index contributed by atoms with van der Waals surface area (Å²) in [4.78, 5) is 41.5. The fraction of sp³-hybridized carbons (Fsp3) is 0.344. The summed E-state index contributed by atoms with van der Waals surface area (Å²) in [7, 11) is 1.75. The first kappa shape index (κ1) is 31.1. The molecule has 5 rings (SSSR count). The van der Waals surface area contributed by atoms with Gasteiger partial charge in [-0.2, -0.15) is 5.26 Å². The molecule has 2 aromatic heterocycles. The van der Waals surface area contributed by atoms with Gasteiger partial charge < -0.3 is 16.0 Å². The number of hydrogen-bond donors (Lipinski definition) is 2. The molecule has 1 aliphatic heterocycles. The number of pyridine rings is 1. The Balaban J connectivity index is 1.30. The number of nitrogens with zero attached hydrogens (tertiary/aromatic N) is 7. The molecule has 0 aliphatic carbocycles. The number of carbonyl (C=O) groups excluding carboxylic acids is 1. The predicted octanol–water partition coefficient (Wildman–Crippen LogP) is 2.52. The molecule has 11 nitrogen and oxygen atoms in total. The molecule has 44 heavy (non-hydrogen) atoms. The Hall–Kier alpha value is -4.34. The van der Waals surface area contributed by atoms with Gasteiger partial charge in [-0.25, -0.2) is 4.98 Å². The van der Waals surface area contributed by atoms with E-state index in [0.717, 1.165) is 44.0 Å². The van der Waals surface area contributed by atoms with Gasteiger partial charge in [0.1, 0.15) is 12.4 Å². The molecule has 1 amide bonds. The lowest BCUT2D eigenvalue weighted by molar-refractivity contribution is 0.0951. The normalized spacial score (nSPS) is 14.0. The van der Waals surface area contributed by atoms with Gasteiger partial charge in [0.2, 0.25) is 0 Å². The largest absolute Gasteiger partial charge is 0.354 e. The van der Waals surface area contributed by atoms with Crippen molar-refractivity contribution in [3.05, 3.63) is 98.8 Å². The van der Waals surface area contributed by atoms with Crippen LogP contribution in [-0.4, -0.2) is 76.1 Å². The number of nitrogens with two attached hydrogens (primary N) is 1. The van der Waals surface area contributed by atoms with Crippen LogP contribution < -0.4 is 21.5 Å². The van der Waals surface area contributed by atoms with Crippen LogP contribution in [-0.2, 0) is 26.7 Å². The Morgan fingerprint density at radius 3 is 2.57 bits per heavy atom. The van der Waals surface area contributed by atoms with Crippen LogP contribution in [0.1, 0.15) is 27.3 Å². The number of amides is 1. The quantitative estimate of drug-likeness (QED) is 0.245. The third-order valence-corrected chi connectivity index (χ3v) is 8.26. The topological polar surface area (TPSA) is 136 Å². The summed E-state index contributed by atoms with van der Waals surface area (Å²) in [5, 5.41) is 13.4. The fourth-order valence-electron chi connectivity index (χ4n) is 5.34. The van der Waals surface area contributed by atoms with E-state index in [1.807, 2.05) is 17.0 Å². The summed E-state index contributed by atoms with van der Waals surface area (Å²) in [5.41, 5.74) is 8.96. The number of rotatable bonds is 11. The molecular weight excluding hydrogens is 578 g/mol. The van der Waals surface area contributed by atoms with Gasteiger partial charge in [0.25, 0.3) is 11.5 Å². The van der Waals surface area contributed by atoms with E-state index in [9.17, 15) is 14.9 Å². The minimum absolute atomic E-state index is 0.0919. The van der Waals surface area contributed by atoms with E-state index in [0.29, 0.717) is 59.1 Å². The van der Waals surface area contributed by atoms with Crippen molar-refractivity contribution in [2.24, 2.45) is 12.8 Å². The lowest BCUT2D eigenvalue weighted by Gasteiger charge is -2.34. The third-order valence-electron chi connectivity index (χ3n) is 7.90. The number of carbonyl (C=O) groups is 1. The van der Waals surface area contributed by atoms with Crippen LogP contribution in [0.5, 0.6) is 0 Å². The molecule has 0 unspecified atom stereocenters. The summed E-state index contributed by atoms with van der Waals surface area (Å²) in [6.07, 6.45) is 3.39. The van der Waals surface area contributed by atoms with Gasteiger partial charge >= 0.3 is 0 Å². The van der Waals surface area contributed by atoms with Crippen molar-refractivity contribution in [3.63, 3.8) is 0 Å². The number of halogens is 1. The third kappa shape index (κ3) is 7.41. The number of nitriles is 1. The first-order valence-corrected chi connectivity index (χ1v) is 15.0. The smallest absolute Gasteiger partial charge is 0.261 e. The summed E-state index contributed by atoms with van der Waals surface area (Å²) >= 11 is 6.73. The molecule has 12 heteroatoms. The molecular formula is C32H36ClN9O2. The van der Waals surface area contributed by atoms with Gasteiger partial charge in [-0.3, -0.25) is 28.9 Å². The van der Waals surface area contributed by atoms with Crippen LogP contribution in [0.3, 0.4) is 0 Å². The molecule has 1 fully saturated rings. The van der Waals surface area contributed by atoms with Crippen LogP contribution in [0.25, 0.3) is 10.9 Å². The Bertz CT molecular complexity index is 1700. The number of piperazine rings is 1. The van der Waals surface area contributed by atoms with E-state index in [-0.39, 0.29) is 18.0 Å². The minimum Gasteiger partial charge on any atom is -0.354 e. The predicted molar refractivity (Wildman–Crippen MR) is 171 cm³/mol. The van der Waals surface area contributed by atoms with Crippen molar-refractivity contribution in [3.8, 4) is 6.07 Å². The van der Waals surface area contributed by atoms with Gasteiger partial charge in [-0.15, -0.1) is 0 Å². The zero-order valence-electron chi connectivity index (χ0n) is 24.7. The summed E-state index contributed by atoms with van der Waals surface area (Å²) in [5.74, 6) is 0.482. The highest BCUT2D eigenvalue weighted by molar-refractivity contribution is 6.32. The van der Waals surface area contributed by atoms with Gasteiger partial charge in [-0.05, 0) is 53.6 Å². The van der Waals surface area contributed by atoms with Crippen LogP contribution in [0.15, 0.2) is 65.7 Å². The molecule has 4 aromatic rings. The second-order valence-electron chi connectivity index (χ2n) is 10.9. The highest BCUT2D eigenvalue weighted by Gasteiger charge is 2.20. The van der Waals surface area contributed by atoms with Crippen molar-refractivity contribution in [2.75, 3.05) is 50.7 Å². The van der Waals surface area contributed by atoms with Crippen molar-refractivity contribution < 1.29 is 4.79 Å². The van der Waals surface area contributed by atoms with E-state index >= 15 is 0 Å². The first-order chi connectivity index (χ1) is 21.4. The van der Waals surface area contributed by atoms with E-state index < -0.39 is 0 Å². The monoisotopic (exact) mass is 613 g/mol. The molecule has 3 heterocycles. The Kier molecular flexibility index (Phi) is 10.2. The van der Waals surface area contributed by atoms with E-state index in [1.54, 1.807) is 60.4 Å². The van der Waals surface area contributed by atoms with E-state index in [1.165, 1.54) is 0 Å². The summed E-state index contributed by atoms with van der Waals surface area (Å²) in [6, 6.07) is 16.5. The average Bonchev–Trinajstić information content (AvgIpc) is 3.04. The number of anilines is 1.